The van der Waals surface area contributed by atoms with E-state index < -0.39 is 0 Å². The van der Waals surface area contributed by atoms with E-state index >= 15 is 0 Å². The number of benzene rings is 2. The van der Waals surface area contributed by atoms with Crippen LogP contribution in [0.4, 0.5) is 5.69 Å². The summed E-state index contributed by atoms with van der Waals surface area (Å²) >= 11 is 11.9. The van der Waals surface area contributed by atoms with Crippen molar-refractivity contribution in [3.63, 3.8) is 0 Å². The first-order chi connectivity index (χ1) is 16.1. The van der Waals surface area contributed by atoms with Crippen molar-refractivity contribution < 1.29 is 9.53 Å². The molecular weight excluding hydrogens is 453 g/mol. The molecule has 0 aromatic heterocycles. The first-order valence-electron chi connectivity index (χ1n) is 12.0. The van der Waals surface area contributed by atoms with Crippen molar-refractivity contribution in [3.8, 4) is 11.8 Å². The fourth-order valence-corrected chi connectivity index (χ4v) is 3.78. The Morgan fingerprint density at radius 1 is 0.848 bits per heavy atom. The van der Waals surface area contributed by atoms with Crippen LogP contribution in [-0.2, 0) is 4.74 Å². The molecule has 178 valence electrons. The van der Waals surface area contributed by atoms with Gasteiger partial charge >= 0.3 is 5.97 Å². The van der Waals surface area contributed by atoms with Crippen molar-refractivity contribution in [3.05, 3.63) is 63.6 Å². The summed E-state index contributed by atoms with van der Waals surface area (Å²) in [6.45, 7) is 3.17. The van der Waals surface area contributed by atoms with Gasteiger partial charge in [-0.3, -0.25) is 0 Å². The molecule has 0 atom stereocenters. The minimum absolute atomic E-state index is 0.266. The van der Waals surface area contributed by atoms with Gasteiger partial charge in [-0.1, -0.05) is 80.0 Å². The summed E-state index contributed by atoms with van der Waals surface area (Å²) in [6.07, 6.45) is 12.3. The number of anilines is 1. The van der Waals surface area contributed by atoms with Gasteiger partial charge < -0.3 is 10.1 Å². The highest BCUT2D eigenvalue weighted by Gasteiger charge is 2.05. The van der Waals surface area contributed by atoms with Gasteiger partial charge in [0, 0.05) is 24.2 Å². The molecule has 0 aliphatic heterocycles. The molecule has 0 fully saturated rings. The molecule has 0 aliphatic carbocycles. The van der Waals surface area contributed by atoms with E-state index in [1.165, 1.54) is 44.9 Å². The SMILES string of the molecule is CCOC(=O)c1ccc(NCCCCCCCCCCCC#Cc2ccc(Cl)c(Cl)c2)cc1. The molecule has 3 nitrogen and oxygen atoms in total. The Morgan fingerprint density at radius 3 is 2.12 bits per heavy atom. The van der Waals surface area contributed by atoms with Crippen LogP contribution in [0.3, 0.4) is 0 Å². The largest absolute Gasteiger partial charge is 0.462 e. The highest BCUT2D eigenvalue weighted by molar-refractivity contribution is 6.42. The van der Waals surface area contributed by atoms with Gasteiger partial charge in [-0.25, -0.2) is 4.79 Å². The first-order valence-corrected chi connectivity index (χ1v) is 12.8. The summed E-state index contributed by atoms with van der Waals surface area (Å²) in [6, 6.07) is 13.0. The Morgan fingerprint density at radius 2 is 1.48 bits per heavy atom. The van der Waals surface area contributed by atoms with E-state index in [9.17, 15) is 4.79 Å². The van der Waals surface area contributed by atoms with Crippen molar-refractivity contribution in [1.82, 2.24) is 0 Å². The van der Waals surface area contributed by atoms with Crippen molar-refractivity contribution >= 4 is 34.9 Å². The lowest BCUT2D eigenvalue weighted by Gasteiger charge is -2.07. The maximum absolute atomic E-state index is 11.7. The van der Waals surface area contributed by atoms with Crippen LogP contribution in [0.2, 0.25) is 10.0 Å². The van der Waals surface area contributed by atoms with Crippen LogP contribution in [0.15, 0.2) is 42.5 Å². The lowest BCUT2D eigenvalue weighted by Crippen LogP contribution is -2.05. The van der Waals surface area contributed by atoms with Gasteiger partial charge in [-0.2, -0.15) is 0 Å². The zero-order valence-electron chi connectivity index (χ0n) is 19.6. The number of ether oxygens (including phenoxy) is 1. The second-order valence-electron chi connectivity index (χ2n) is 8.09. The summed E-state index contributed by atoms with van der Waals surface area (Å²) in [4.78, 5) is 11.7. The molecule has 0 bridgehead atoms. The molecule has 2 rings (SSSR count). The quantitative estimate of drug-likeness (QED) is 0.165. The van der Waals surface area contributed by atoms with Crippen molar-refractivity contribution in [1.29, 1.82) is 0 Å². The smallest absolute Gasteiger partial charge is 0.338 e. The highest BCUT2D eigenvalue weighted by atomic mass is 35.5. The molecule has 0 unspecified atom stereocenters. The van der Waals surface area contributed by atoms with E-state index in [2.05, 4.69) is 17.2 Å². The molecule has 1 N–H and O–H groups in total. The number of esters is 1. The number of hydrogen-bond donors (Lipinski definition) is 1. The monoisotopic (exact) mass is 487 g/mol. The number of carbonyl (C=O) groups excluding carboxylic acids is 1. The van der Waals surface area contributed by atoms with Crippen LogP contribution in [0, 0.1) is 11.8 Å². The molecule has 0 amide bonds. The summed E-state index contributed by atoms with van der Waals surface area (Å²) < 4.78 is 5.00. The third-order valence-electron chi connectivity index (χ3n) is 5.36. The zero-order chi connectivity index (χ0) is 23.7. The standard InChI is InChI=1S/C28H35Cl2NO2/c1-2-33-28(32)24-16-18-25(19-17-24)31-21-13-11-9-7-5-3-4-6-8-10-12-14-23-15-20-26(29)27(30)22-23/h15-20,22,31H,2-11,13,21H2,1H3. The van der Waals surface area contributed by atoms with Crippen molar-refractivity contribution in [2.24, 2.45) is 0 Å². The third kappa shape index (κ3) is 11.5. The molecule has 2 aromatic carbocycles. The van der Waals surface area contributed by atoms with Crippen LogP contribution in [0.25, 0.3) is 0 Å². The molecule has 0 aliphatic rings. The predicted octanol–water partition coefficient (Wildman–Crippen LogP) is 8.53. The number of rotatable bonds is 14. The molecule has 0 saturated carbocycles. The van der Waals surface area contributed by atoms with E-state index in [1.807, 2.05) is 43.3 Å². The van der Waals surface area contributed by atoms with Gasteiger partial charge in [-0.05, 0) is 62.2 Å². The summed E-state index contributed by atoms with van der Waals surface area (Å²) in [5.41, 5.74) is 2.56. The number of carbonyl (C=O) groups is 1. The molecule has 2 aromatic rings. The van der Waals surface area contributed by atoms with Gasteiger partial charge in [0.2, 0.25) is 0 Å². The lowest BCUT2D eigenvalue weighted by atomic mass is 10.1. The molecule has 0 heterocycles. The molecule has 33 heavy (non-hydrogen) atoms. The van der Waals surface area contributed by atoms with Gasteiger partial charge in [0.05, 0.1) is 22.2 Å². The zero-order valence-corrected chi connectivity index (χ0v) is 21.1. The maximum Gasteiger partial charge on any atom is 0.338 e. The molecular formula is C28H35Cl2NO2. The summed E-state index contributed by atoms with van der Waals surface area (Å²) in [5, 5.41) is 4.54. The van der Waals surface area contributed by atoms with Crippen LogP contribution in [-0.4, -0.2) is 19.1 Å². The van der Waals surface area contributed by atoms with E-state index in [4.69, 9.17) is 27.9 Å². The first kappa shape index (κ1) is 27.1. The average molecular weight is 488 g/mol. The molecule has 5 heteroatoms. The maximum atomic E-state index is 11.7. The number of unbranched alkanes of at least 4 members (excludes halogenated alkanes) is 9. The van der Waals surface area contributed by atoms with Crippen LogP contribution in [0.5, 0.6) is 0 Å². The molecule has 0 radical (unpaired) electrons. The second-order valence-corrected chi connectivity index (χ2v) is 8.90. The topological polar surface area (TPSA) is 38.3 Å². The van der Waals surface area contributed by atoms with Crippen LogP contribution in [0.1, 0.15) is 87.1 Å². The second kappa shape index (κ2) is 16.5. The van der Waals surface area contributed by atoms with Crippen LogP contribution >= 0.6 is 23.2 Å². The Labute approximate surface area is 209 Å². The lowest BCUT2D eigenvalue weighted by molar-refractivity contribution is 0.0526. The third-order valence-corrected chi connectivity index (χ3v) is 6.10. The van der Waals surface area contributed by atoms with Gasteiger partial charge in [0.15, 0.2) is 0 Å². The van der Waals surface area contributed by atoms with E-state index in [0.29, 0.717) is 22.2 Å². The summed E-state index contributed by atoms with van der Waals surface area (Å²) in [7, 11) is 0. The van der Waals surface area contributed by atoms with Crippen molar-refractivity contribution in [2.75, 3.05) is 18.5 Å². The molecule has 0 spiro atoms. The fraction of sp³-hybridized carbons (Fsp3) is 0.464. The van der Waals surface area contributed by atoms with Gasteiger partial charge in [-0.15, -0.1) is 0 Å². The van der Waals surface area contributed by atoms with E-state index in [1.54, 1.807) is 6.07 Å². The number of nitrogens with one attached hydrogen (secondary N) is 1. The predicted molar refractivity (Wildman–Crippen MR) is 140 cm³/mol. The molecule has 0 saturated heterocycles. The fourth-order valence-electron chi connectivity index (χ4n) is 3.49. The van der Waals surface area contributed by atoms with E-state index in [0.717, 1.165) is 37.1 Å². The van der Waals surface area contributed by atoms with Gasteiger partial charge in [0.25, 0.3) is 0 Å². The number of hydrogen-bond acceptors (Lipinski definition) is 3. The Bertz CT molecular complexity index is 900. The number of halogens is 2. The minimum atomic E-state index is -0.266. The van der Waals surface area contributed by atoms with Gasteiger partial charge in [0.1, 0.15) is 0 Å². The average Bonchev–Trinajstić information content (AvgIpc) is 2.82. The highest BCUT2D eigenvalue weighted by Crippen LogP contribution is 2.22. The van der Waals surface area contributed by atoms with Crippen molar-refractivity contribution in [2.45, 2.75) is 71.1 Å². The van der Waals surface area contributed by atoms with E-state index in [-0.39, 0.29) is 5.97 Å². The minimum Gasteiger partial charge on any atom is -0.462 e. The normalized spacial score (nSPS) is 10.4. The Kier molecular flexibility index (Phi) is 13.5. The Hall–Kier alpha value is -2.15. The summed E-state index contributed by atoms with van der Waals surface area (Å²) in [5.74, 6) is 6.11. The Balaban J connectivity index is 1.40. The van der Waals surface area contributed by atoms with Crippen LogP contribution < -0.4 is 5.32 Å².